The SMILES string of the molecule is c1cc(-c2cccc3[se]c4ccccc4c23)c(N2c3cc(-c4ccc5oc6ccccc6c5c4)ccc3B3c4ccc(-c5ccc6oc7ccccc7c6c5)cc4N(c4c(-c5cccc6[se]c7ccccc7c56)cccc4-c4cccc5[se]c6ccccc6c45)c4cc(-n5c6ccccc6c6ccccc65)cc2c43)c(-c2cccc3[se]c4ccccc4c23)c1. The van der Waals surface area contributed by atoms with E-state index in [0.717, 1.165) is 117 Å². The molecule has 2 aliphatic rings. The Bertz CT molecular complexity index is 8380. The molecule has 0 radical (unpaired) electrons. The Kier molecular flexibility index (Phi) is 15.2. The molecule has 9 heterocycles. The summed E-state index contributed by atoms with van der Waals surface area (Å²) in [6.45, 7) is -0.332. The summed E-state index contributed by atoms with van der Waals surface area (Å²) in [5, 5.41) is 17.3. The van der Waals surface area contributed by atoms with Gasteiger partial charge in [-0.1, -0.05) is 72.8 Å². The predicted octanol–water partition coefficient (Wildman–Crippen LogP) is 28.1. The molecule has 574 valence electrons. The van der Waals surface area contributed by atoms with E-state index in [1.54, 1.807) is 0 Å². The molecule has 26 aromatic rings. The van der Waals surface area contributed by atoms with Gasteiger partial charge in [0.25, 0.3) is 0 Å². The molecule has 0 amide bonds. The number of furan rings is 2. The minimum absolute atomic E-state index is 0.0865. The summed E-state index contributed by atoms with van der Waals surface area (Å²) in [6.07, 6.45) is 0. The van der Waals surface area contributed by atoms with Gasteiger partial charge in [0, 0.05) is 10.8 Å². The summed E-state index contributed by atoms with van der Waals surface area (Å²) >= 11 is 0.346. The zero-order chi connectivity index (χ0) is 80.7. The Labute approximate surface area is 735 Å². The van der Waals surface area contributed by atoms with Crippen LogP contribution in [0.1, 0.15) is 0 Å². The van der Waals surface area contributed by atoms with Crippen molar-refractivity contribution in [3.63, 3.8) is 0 Å². The van der Waals surface area contributed by atoms with Crippen molar-refractivity contribution in [3.05, 3.63) is 388 Å². The van der Waals surface area contributed by atoms with Crippen molar-refractivity contribution in [3.8, 4) is 72.4 Å². The van der Waals surface area contributed by atoms with Crippen molar-refractivity contribution < 1.29 is 8.83 Å². The number of para-hydroxylation sites is 6. The Balaban J connectivity index is 0.832. The number of anilines is 6. The molecule has 0 bridgehead atoms. The number of fused-ring (bicyclic) bond motifs is 25. The van der Waals surface area contributed by atoms with Gasteiger partial charge in [-0.3, -0.25) is 0 Å². The van der Waals surface area contributed by atoms with Gasteiger partial charge < -0.3 is 8.83 Å². The third-order valence-corrected chi connectivity index (χ3v) is 36.1. The van der Waals surface area contributed by atoms with Gasteiger partial charge in [0.2, 0.25) is 0 Å². The van der Waals surface area contributed by atoms with Gasteiger partial charge in [-0.15, -0.1) is 0 Å². The van der Waals surface area contributed by atoms with Crippen LogP contribution in [-0.4, -0.2) is 69.3 Å². The van der Waals surface area contributed by atoms with Crippen molar-refractivity contribution >= 4 is 258 Å². The van der Waals surface area contributed by atoms with E-state index in [4.69, 9.17) is 8.83 Å². The van der Waals surface area contributed by atoms with Gasteiger partial charge in [-0.2, -0.15) is 0 Å². The summed E-state index contributed by atoms with van der Waals surface area (Å²) < 4.78 is 27.2. The predicted molar refractivity (Wildman–Crippen MR) is 530 cm³/mol. The van der Waals surface area contributed by atoms with Gasteiger partial charge in [0.05, 0.1) is 0 Å². The Morgan fingerprint density at radius 3 is 0.879 bits per heavy atom. The summed E-state index contributed by atoms with van der Waals surface area (Å²) in [5.74, 6) is 0. The first-order valence-electron chi connectivity index (χ1n) is 42.3. The van der Waals surface area contributed by atoms with Crippen LogP contribution in [0.4, 0.5) is 34.1 Å². The fourth-order valence-electron chi connectivity index (χ4n) is 21.4. The van der Waals surface area contributed by atoms with Gasteiger partial charge in [0.1, 0.15) is 22.3 Å². The monoisotopic (exact) mass is 1840 g/mol. The van der Waals surface area contributed by atoms with E-state index < -0.39 is 0 Å². The van der Waals surface area contributed by atoms with Crippen LogP contribution in [0.3, 0.4) is 0 Å². The number of hydrogen-bond donors (Lipinski definition) is 0. The molecule has 28 rings (SSSR count). The Hall–Kier alpha value is -13.7. The molecular weight excluding hydrogens is 1770 g/mol. The van der Waals surface area contributed by atoms with Gasteiger partial charge in [0.15, 0.2) is 0 Å². The fourth-order valence-corrected chi connectivity index (χ4v) is 30.9. The molecule has 0 saturated carbocycles. The quantitative estimate of drug-likeness (QED) is 0.135. The standard InChI is InChI=1S/C114H64BN3O2Se4/c1-9-39-90-70(23-1)71-24-2-10-40-91(71)116(90)69-63-94-112-95(64-69)118(114-80(76-33-21-49-106-110(76)84-29-7-15-45-102(84)123-106)37-18-38-81(114)77-34-22-50-107-111(77)85-30-8-16-46-103(85)124-107)93-62-68(66-54-58-99-87(60-66)73-26-4-12-42-97(73)120-99)52-56-89(93)115(112)88-55-51-67(65-53-57-98-86(59-65)72-25-3-11-41-96(72)119-98)61-92(88)117(94)113-78(74-31-19-47-104-108(74)82-27-5-13-43-100(82)121-104)35-17-36-79(113)75-32-20-48-105-109(75)83-28-6-14-44-101(83)122-105/h1-64H. The van der Waals surface area contributed by atoms with Crippen LogP contribution in [0.15, 0.2) is 397 Å². The van der Waals surface area contributed by atoms with Crippen molar-refractivity contribution in [1.82, 2.24) is 4.57 Å². The third kappa shape index (κ3) is 10.2. The topological polar surface area (TPSA) is 37.7 Å². The summed E-state index contributed by atoms with van der Waals surface area (Å²) in [6, 6.07) is 149. The van der Waals surface area contributed by atoms with E-state index in [0.29, 0.717) is 0 Å². The van der Waals surface area contributed by atoms with E-state index >= 15 is 0 Å². The van der Waals surface area contributed by atoms with Gasteiger partial charge >= 0.3 is 615 Å². The summed E-state index contributed by atoms with van der Waals surface area (Å²) in [7, 11) is 0. The Morgan fingerprint density at radius 2 is 0.500 bits per heavy atom. The summed E-state index contributed by atoms with van der Waals surface area (Å²) in [4.78, 5) is 5.61. The van der Waals surface area contributed by atoms with Gasteiger partial charge in [-0.25, -0.2) is 0 Å². The number of benzene rings is 19. The van der Waals surface area contributed by atoms with Crippen LogP contribution in [-0.2, 0) is 0 Å². The summed E-state index contributed by atoms with van der Waals surface area (Å²) in [5.41, 5.74) is 31.2. The van der Waals surface area contributed by atoms with Crippen LogP contribution in [0.25, 0.3) is 215 Å². The molecule has 0 unspecified atom stereocenters. The molecule has 0 fully saturated rings. The first-order chi connectivity index (χ1) is 61.5. The second-order valence-corrected chi connectivity index (χ2v) is 42.1. The molecule has 124 heavy (non-hydrogen) atoms. The Morgan fingerprint density at radius 1 is 0.210 bits per heavy atom. The molecule has 0 aliphatic carbocycles. The zero-order valence-electron chi connectivity index (χ0n) is 66.3. The molecule has 19 aromatic carbocycles. The molecule has 7 aromatic heterocycles. The van der Waals surface area contributed by atoms with Crippen molar-refractivity contribution in [1.29, 1.82) is 0 Å². The van der Waals surface area contributed by atoms with Crippen LogP contribution in [0.2, 0.25) is 0 Å². The number of hydrogen-bond acceptors (Lipinski definition) is 4. The minimum atomic E-state index is -0.332. The maximum atomic E-state index is 6.67. The average molecular weight is 1830 g/mol. The van der Waals surface area contributed by atoms with Crippen LogP contribution in [0.5, 0.6) is 0 Å². The molecule has 2 aliphatic heterocycles. The second kappa shape index (κ2) is 26.9. The van der Waals surface area contributed by atoms with Crippen LogP contribution < -0.4 is 26.2 Å². The first kappa shape index (κ1) is 69.9. The van der Waals surface area contributed by atoms with Crippen molar-refractivity contribution in [2.75, 3.05) is 9.80 Å². The first-order valence-corrected chi connectivity index (χ1v) is 49.1. The number of rotatable bonds is 9. The normalized spacial score (nSPS) is 12.8. The van der Waals surface area contributed by atoms with Crippen LogP contribution in [0, 0.1) is 0 Å². The molecule has 0 atom stereocenters. The molecule has 0 saturated heterocycles. The molecule has 10 heteroatoms. The molecular formula is C114H64BN3O2Se4. The van der Waals surface area contributed by atoms with E-state index in [9.17, 15) is 0 Å². The average Bonchev–Trinajstić information content (AvgIpc) is 0.785. The van der Waals surface area contributed by atoms with Crippen molar-refractivity contribution in [2.45, 2.75) is 0 Å². The van der Waals surface area contributed by atoms with E-state index in [1.165, 1.54) is 149 Å². The molecule has 5 nitrogen and oxygen atoms in total. The third-order valence-electron chi connectivity index (χ3n) is 26.6. The molecule has 0 spiro atoms. The zero-order valence-corrected chi connectivity index (χ0v) is 73.2. The molecule has 0 N–H and O–H groups in total. The van der Waals surface area contributed by atoms with Crippen molar-refractivity contribution in [2.24, 2.45) is 0 Å². The number of nitrogens with zero attached hydrogens (tertiary/aromatic N) is 3. The van der Waals surface area contributed by atoms with Crippen LogP contribution >= 0.6 is 0 Å². The van der Waals surface area contributed by atoms with E-state index in [2.05, 4.69) is 403 Å². The fraction of sp³-hybridized carbons (Fsp3) is 0. The number of aromatic nitrogens is 1. The van der Waals surface area contributed by atoms with E-state index in [-0.39, 0.29) is 64.7 Å². The maximum absolute atomic E-state index is 6.67. The second-order valence-electron chi connectivity index (χ2n) is 33.0. The van der Waals surface area contributed by atoms with Gasteiger partial charge in [-0.05, 0) is 12.1 Å². The van der Waals surface area contributed by atoms with E-state index in [1.807, 2.05) is 0 Å².